The highest BCUT2D eigenvalue weighted by molar-refractivity contribution is 6.40. The summed E-state index contributed by atoms with van der Waals surface area (Å²) in [5.41, 5.74) is 0. The Kier molecular flexibility index (Phi) is 10.4. The summed E-state index contributed by atoms with van der Waals surface area (Å²) in [4.78, 5) is 23.0. The molecule has 0 aliphatic heterocycles. The molecule has 0 fully saturated rings. The maximum atomic E-state index is 11.6. The van der Waals surface area contributed by atoms with Crippen molar-refractivity contribution in [2.24, 2.45) is 0 Å². The first-order valence-electron chi connectivity index (χ1n) is 7.27. The first kappa shape index (κ1) is 20.1. The summed E-state index contributed by atoms with van der Waals surface area (Å²) in [6, 6.07) is 0. The molecule has 0 bridgehead atoms. The van der Waals surface area contributed by atoms with Crippen molar-refractivity contribution < 1.29 is 35.1 Å². The molecular weight excluding hydrogens is 280 g/mol. The molecule has 4 atom stereocenters. The lowest BCUT2D eigenvalue weighted by Crippen LogP contribution is -2.47. The van der Waals surface area contributed by atoms with Gasteiger partial charge in [-0.05, 0) is 6.42 Å². The number of aliphatic hydroxyl groups excluding tert-OH is 5. The number of Topliss-reactive ketones (excluding diaryl/α,β-unsaturated/α-hetero) is 2. The van der Waals surface area contributed by atoms with Gasteiger partial charge in [-0.25, -0.2) is 0 Å². The predicted octanol–water partition coefficient (Wildman–Crippen LogP) is -1.08. The number of hydrogen-bond acceptors (Lipinski definition) is 7. The maximum Gasteiger partial charge on any atom is 0.232 e. The zero-order valence-corrected chi connectivity index (χ0v) is 12.3. The normalized spacial score (nSPS) is 17.0. The molecule has 0 amide bonds. The van der Waals surface area contributed by atoms with Crippen LogP contribution in [0.25, 0.3) is 0 Å². The molecule has 2 unspecified atom stereocenters. The molecule has 0 aromatic rings. The smallest absolute Gasteiger partial charge is 0.232 e. The highest BCUT2D eigenvalue weighted by Crippen LogP contribution is 2.11. The van der Waals surface area contributed by atoms with Crippen LogP contribution in [0.4, 0.5) is 0 Å². The van der Waals surface area contributed by atoms with Crippen LogP contribution in [0.5, 0.6) is 0 Å². The average Bonchev–Trinajstić information content (AvgIpc) is 2.50. The number of hydrogen-bond donors (Lipinski definition) is 5. The second-order valence-electron chi connectivity index (χ2n) is 5.14. The number of carbonyl (C=O) groups is 2. The van der Waals surface area contributed by atoms with E-state index in [9.17, 15) is 24.9 Å². The van der Waals surface area contributed by atoms with Crippen LogP contribution in [0.2, 0.25) is 0 Å². The van der Waals surface area contributed by atoms with E-state index in [0.717, 1.165) is 25.7 Å². The number of rotatable bonds is 12. The molecule has 5 N–H and O–H groups in total. The van der Waals surface area contributed by atoms with Gasteiger partial charge in [0.1, 0.15) is 18.3 Å². The Morgan fingerprint density at radius 1 is 0.810 bits per heavy atom. The van der Waals surface area contributed by atoms with Gasteiger partial charge >= 0.3 is 0 Å². The fraction of sp³-hybridized carbons (Fsp3) is 0.857. The Morgan fingerprint density at radius 2 is 1.29 bits per heavy atom. The molecule has 0 aliphatic carbocycles. The van der Waals surface area contributed by atoms with Crippen molar-refractivity contribution in [3.05, 3.63) is 0 Å². The highest BCUT2D eigenvalue weighted by Gasteiger charge is 2.35. The number of carbonyl (C=O) groups excluding carboxylic acids is 2. The van der Waals surface area contributed by atoms with Gasteiger partial charge in [0, 0.05) is 0 Å². The van der Waals surface area contributed by atoms with E-state index < -0.39 is 42.6 Å². The third kappa shape index (κ3) is 7.10. The molecule has 0 aliphatic rings. The Balaban J connectivity index is 4.26. The van der Waals surface area contributed by atoms with Gasteiger partial charge in [0.2, 0.25) is 11.6 Å². The molecular formula is C14H26O7. The van der Waals surface area contributed by atoms with E-state index in [4.69, 9.17) is 10.2 Å². The molecule has 124 valence electrons. The summed E-state index contributed by atoms with van der Waals surface area (Å²) in [6.07, 6.45) is -2.44. The van der Waals surface area contributed by atoms with E-state index in [0.29, 0.717) is 6.42 Å². The predicted molar refractivity (Wildman–Crippen MR) is 74.5 cm³/mol. The molecule has 21 heavy (non-hydrogen) atoms. The molecule has 7 heteroatoms. The summed E-state index contributed by atoms with van der Waals surface area (Å²) in [6.45, 7) is 1.17. The van der Waals surface area contributed by atoms with Gasteiger partial charge in [-0.15, -0.1) is 0 Å². The molecule has 0 aromatic carbocycles. The van der Waals surface area contributed by atoms with E-state index >= 15 is 0 Å². The van der Waals surface area contributed by atoms with Crippen LogP contribution >= 0.6 is 0 Å². The van der Waals surface area contributed by atoms with Gasteiger partial charge < -0.3 is 25.5 Å². The Labute approximate surface area is 124 Å². The molecule has 0 aromatic heterocycles. The van der Waals surface area contributed by atoms with E-state index in [-0.39, 0.29) is 6.42 Å². The lowest BCUT2D eigenvalue weighted by molar-refractivity contribution is -0.153. The number of aliphatic hydroxyl groups is 5. The van der Waals surface area contributed by atoms with Gasteiger partial charge in [-0.1, -0.05) is 39.0 Å². The van der Waals surface area contributed by atoms with Crippen molar-refractivity contribution in [2.75, 3.05) is 6.61 Å². The van der Waals surface area contributed by atoms with Crippen LogP contribution in [0.15, 0.2) is 0 Å². The van der Waals surface area contributed by atoms with Gasteiger partial charge in [0.15, 0.2) is 0 Å². The zero-order valence-electron chi connectivity index (χ0n) is 12.3. The molecule has 0 radical (unpaired) electrons. The summed E-state index contributed by atoms with van der Waals surface area (Å²) in [5.74, 6) is -2.79. The van der Waals surface area contributed by atoms with Crippen LogP contribution in [0.3, 0.4) is 0 Å². The summed E-state index contributed by atoms with van der Waals surface area (Å²) >= 11 is 0. The van der Waals surface area contributed by atoms with Crippen molar-refractivity contribution in [3.8, 4) is 0 Å². The van der Waals surface area contributed by atoms with Crippen LogP contribution in [0, 0.1) is 0 Å². The minimum Gasteiger partial charge on any atom is -0.394 e. The Morgan fingerprint density at radius 3 is 1.76 bits per heavy atom. The zero-order chi connectivity index (χ0) is 16.4. The second kappa shape index (κ2) is 10.8. The first-order valence-corrected chi connectivity index (χ1v) is 7.27. The molecule has 0 heterocycles. The standard InChI is InChI=1S/C14H26O7/c1-2-3-4-5-6-7-9(16)11(18)13(20)14(21)12(19)10(17)8-15/h9-12,15-19H,2-8H2,1H3/t9?,10-,11?,12+/m0/s1. The lowest BCUT2D eigenvalue weighted by Gasteiger charge is -2.19. The molecule has 0 rings (SSSR count). The topological polar surface area (TPSA) is 135 Å². The summed E-state index contributed by atoms with van der Waals surface area (Å²) < 4.78 is 0. The molecule has 7 nitrogen and oxygen atoms in total. The third-order valence-corrected chi connectivity index (χ3v) is 3.30. The fourth-order valence-corrected chi connectivity index (χ4v) is 1.86. The van der Waals surface area contributed by atoms with Crippen LogP contribution in [-0.4, -0.2) is 68.1 Å². The first-order chi connectivity index (χ1) is 9.86. The summed E-state index contributed by atoms with van der Waals surface area (Å²) in [7, 11) is 0. The lowest BCUT2D eigenvalue weighted by atomic mass is 9.97. The van der Waals surface area contributed by atoms with Gasteiger partial charge in [-0.2, -0.15) is 0 Å². The quantitative estimate of drug-likeness (QED) is 0.228. The number of ketones is 2. The monoisotopic (exact) mass is 306 g/mol. The fourth-order valence-electron chi connectivity index (χ4n) is 1.86. The average molecular weight is 306 g/mol. The van der Waals surface area contributed by atoms with E-state index in [1.54, 1.807) is 0 Å². The minimum atomic E-state index is -2.10. The summed E-state index contributed by atoms with van der Waals surface area (Å²) in [5, 5.41) is 46.2. The van der Waals surface area contributed by atoms with Gasteiger partial charge in [0.25, 0.3) is 0 Å². The second-order valence-corrected chi connectivity index (χ2v) is 5.14. The molecule has 0 saturated carbocycles. The van der Waals surface area contributed by atoms with Crippen LogP contribution < -0.4 is 0 Å². The van der Waals surface area contributed by atoms with Crippen molar-refractivity contribution >= 4 is 11.6 Å². The van der Waals surface area contributed by atoms with E-state index in [1.807, 2.05) is 0 Å². The number of unbranched alkanes of at least 4 members (excludes halogenated alkanes) is 4. The largest absolute Gasteiger partial charge is 0.394 e. The SMILES string of the molecule is CCCCCCCC(O)C(O)C(=O)C(=O)[C@H](O)[C@@H](O)CO. The van der Waals surface area contributed by atoms with Crippen LogP contribution in [0.1, 0.15) is 45.4 Å². The Hall–Kier alpha value is -0.860. The maximum absolute atomic E-state index is 11.6. The van der Waals surface area contributed by atoms with Gasteiger partial charge in [-0.3, -0.25) is 9.59 Å². The van der Waals surface area contributed by atoms with Crippen LogP contribution in [-0.2, 0) is 9.59 Å². The minimum absolute atomic E-state index is 0.169. The van der Waals surface area contributed by atoms with E-state index in [2.05, 4.69) is 6.92 Å². The third-order valence-electron chi connectivity index (χ3n) is 3.30. The molecule has 0 saturated heterocycles. The highest BCUT2D eigenvalue weighted by atomic mass is 16.4. The van der Waals surface area contributed by atoms with Crippen molar-refractivity contribution in [1.29, 1.82) is 0 Å². The van der Waals surface area contributed by atoms with Crippen molar-refractivity contribution in [1.82, 2.24) is 0 Å². The van der Waals surface area contributed by atoms with Crippen molar-refractivity contribution in [3.63, 3.8) is 0 Å². The van der Waals surface area contributed by atoms with Gasteiger partial charge in [0.05, 0.1) is 12.7 Å². The molecule has 0 spiro atoms. The van der Waals surface area contributed by atoms with E-state index in [1.165, 1.54) is 0 Å². The van der Waals surface area contributed by atoms with Crippen molar-refractivity contribution in [2.45, 2.75) is 69.9 Å². The Bertz CT molecular complexity index is 318.